The van der Waals surface area contributed by atoms with Crippen LogP contribution in [-0.2, 0) is 5.41 Å². The van der Waals surface area contributed by atoms with Crippen molar-refractivity contribution in [3.05, 3.63) is 156 Å². The largest absolute Gasteiger partial charge is 0.0622 e. The maximum absolute atomic E-state index is 2.51. The normalized spacial score (nSPS) is 13.3. The quantitative estimate of drug-likeness (QED) is 0.197. The smallest absolute Gasteiger partial charge is 0.0159 e. The van der Waals surface area contributed by atoms with E-state index in [9.17, 15) is 0 Å². The highest BCUT2D eigenvalue weighted by Gasteiger charge is 2.36. The van der Waals surface area contributed by atoms with Gasteiger partial charge in [-0.2, -0.15) is 0 Å². The van der Waals surface area contributed by atoms with Crippen LogP contribution in [-0.4, -0.2) is 0 Å². The standard InChI is InChI=1S/C42H32/c1-27-20-22-29(23-21-27)40-33-17-7-8-18-34(33)41(31-15-11-14-30(24-31)28-12-5-4-6-13-28)37-26-39-35(25-36(37)40)32-16-9-10-19-38(32)42(39,2)3/h4-26H,1-3H3. The number of aryl methyl sites for hydroxylation is 1. The molecule has 0 aliphatic heterocycles. The monoisotopic (exact) mass is 536 g/mol. The molecule has 0 amide bonds. The van der Waals surface area contributed by atoms with Gasteiger partial charge < -0.3 is 0 Å². The summed E-state index contributed by atoms with van der Waals surface area (Å²) in [6.45, 7) is 6.91. The fraction of sp³-hybridized carbons (Fsp3) is 0.0952. The Hall–Kier alpha value is -4.94. The third-order valence-corrected chi connectivity index (χ3v) is 9.32. The van der Waals surface area contributed by atoms with Crippen molar-refractivity contribution in [1.82, 2.24) is 0 Å². The zero-order valence-electron chi connectivity index (χ0n) is 24.3. The fourth-order valence-corrected chi connectivity index (χ4v) is 7.20. The summed E-state index contributed by atoms with van der Waals surface area (Å²) >= 11 is 0. The molecule has 0 saturated carbocycles. The lowest BCUT2D eigenvalue weighted by atomic mass is 9.79. The summed E-state index contributed by atoms with van der Waals surface area (Å²) in [5, 5.41) is 5.21. The van der Waals surface area contributed by atoms with Crippen LogP contribution in [0, 0.1) is 6.92 Å². The van der Waals surface area contributed by atoms with Crippen LogP contribution in [0.15, 0.2) is 140 Å². The van der Waals surface area contributed by atoms with Gasteiger partial charge in [0, 0.05) is 5.41 Å². The summed E-state index contributed by atoms with van der Waals surface area (Å²) in [4.78, 5) is 0. The number of fused-ring (bicyclic) bond motifs is 5. The van der Waals surface area contributed by atoms with E-state index in [1.165, 1.54) is 82.7 Å². The zero-order valence-corrected chi connectivity index (χ0v) is 24.3. The molecule has 7 aromatic carbocycles. The summed E-state index contributed by atoms with van der Waals surface area (Å²) in [6.07, 6.45) is 0. The molecule has 0 radical (unpaired) electrons. The third-order valence-electron chi connectivity index (χ3n) is 9.32. The molecule has 0 fully saturated rings. The van der Waals surface area contributed by atoms with Crippen molar-refractivity contribution < 1.29 is 0 Å². The topological polar surface area (TPSA) is 0 Å². The van der Waals surface area contributed by atoms with Crippen molar-refractivity contribution in [1.29, 1.82) is 0 Å². The molecule has 0 unspecified atom stereocenters. The Labute approximate surface area is 247 Å². The van der Waals surface area contributed by atoms with E-state index in [-0.39, 0.29) is 5.41 Å². The van der Waals surface area contributed by atoms with Crippen molar-refractivity contribution in [2.75, 3.05) is 0 Å². The van der Waals surface area contributed by atoms with Gasteiger partial charge in [-0.3, -0.25) is 0 Å². The predicted octanol–water partition coefficient (Wildman–Crippen LogP) is 11.6. The van der Waals surface area contributed by atoms with Crippen LogP contribution in [0.25, 0.3) is 66.1 Å². The first-order valence-corrected chi connectivity index (χ1v) is 14.9. The Morgan fingerprint density at radius 1 is 0.381 bits per heavy atom. The van der Waals surface area contributed by atoms with Crippen LogP contribution in [0.4, 0.5) is 0 Å². The molecular weight excluding hydrogens is 504 g/mol. The van der Waals surface area contributed by atoms with Crippen molar-refractivity contribution in [2.24, 2.45) is 0 Å². The number of rotatable bonds is 3. The minimum absolute atomic E-state index is 0.0705. The molecular formula is C42H32. The second-order valence-electron chi connectivity index (χ2n) is 12.2. The van der Waals surface area contributed by atoms with Gasteiger partial charge in [-0.15, -0.1) is 0 Å². The van der Waals surface area contributed by atoms with E-state index in [2.05, 4.69) is 160 Å². The van der Waals surface area contributed by atoms with Crippen LogP contribution in [0.1, 0.15) is 30.5 Å². The Kier molecular flexibility index (Phi) is 5.49. The van der Waals surface area contributed by atoms with Gasteiger partial charge in [0.15, 0.2) is 0 Å². The minimum atomic E-state index is -0.0705. The van der Waals surface area contributed by atoms with E-state index in [0.29, 0.717) is 0 Å². The Balaban J connectivity index is 1.53. The van der Waals surface area contributed by atoms with Gasteiger partial charge in [0.05, 0.1) is 0 Å². The fourth-order valence-electron chi connectivity index (χ4n) is 7.20. The van der Waals surface area contributed by atoms with Gasteiger partial charge >= 0.3 is 0 Å². The van der Waals surface area contributed by atoms with E-state index in [0.717, 1.165) is 0 Å². The summed E-state index contributed by atoms with van der Waals surface area (Å²) in [5.41, 5.74) is 14.3. The summed E-state index contributed by atoms with van der Waals surface area (Å²) < 4.78 is 0. The molecule has 7 aromatic rings. The van der Waals surface area contributed by atoms with E-state index in [1.807, 2.05) is 0 Å². The van der Waals surface area contributed by atoms with Crippen molar-refractivity contribution in [3.63, 3.8) is 0 Å². The average molecular weight is 537 g/mol. The first-order chi connectivity index (χ1) is 20.5. The first-order valence-electron chi connectivity index (χ1n) is 14.9. The molecule has 42 heavy (non-hydrogen) atoms. The molecule has 1 aliphatic rings. The third kappa shape index (κ3) is 3.68. The van der Waals surface area contributed by atoms with Crippen molar-refractivity contribution >= 4 is 21.5 Å². The van der Waals surface area contributed by atoms with Gasteiger partial charge in [0.2, 0.25) is 0 Å². The van der Waals surface area contributed by atoms with E-state index >= 15 is 0 Å². The van der Waals surface area contributed by atoms with Crippen LogP contribution < -0.4 is 0 Å². The lowest BCUT2D eigenvalue weighted by Crippen LogP contribution is -2.14. The van der Waals surface area contributed by atoms with Crippen LogP contribution in [0.5, 0.6) is 0 Å². The minimum Gasteiger partial charge on any atom is -0.0622 e. The Morgan fingerprint density at radius 2 is 0.976 bits per heavy atom. The molecule has 0 nitrogen and oxygen atoms in total. The molecule has 0 saturated heterocycles. The molecule has 0 aromatic heterocycles. The van der Waals surface area contributed by atoms with Gasteiger partial charge in [-0.05, 0) is 102 Å². The SMILES string of the molecule is Cc1ccc(-c2c3ccccc3c(-c3cccc(-c4ccccc4)c3)c3cc4c(cc23)-c2ccccc2C4(C)C)cc1. The molecule has 200 valence electrons. The maximum Gasteiger partial charge on any atom is 0.0159 e. The molecule has 0 spiro atoms. The summed E-state index contributed by atoms with van der Waals surface area (Å²) in [6, 6.07) is 51.8. The van der Waals surface area contributed by atoms with Gasteiger partial charge in [-0.25, -0.2) is 0 Å². The number of benzene rings is 7. The van der Waals surface area contributed by atoms with E-state index in [4.69, 9.17) is 0 Å². The van der Waals surface area contributed by atoms with Crippen LogP contribution >= 0.6 is 0 Å². The van der Waals surface area contributed by atoms with Gasteiger partial charge in [0.25, 0.3) is 0 Å². The van der Waals surface area contributed by atoms with Gasteiger partial charge in [-0.1, -0.05) is 141 Å². The molecule has 0 heterocycles. The zero-order chi connectivity index (χ0) is 28.4. The summed E-state index contributed by atoms with van der Waals surface area (Å²) in [5.74, 6) is 0. The molecule has 0 bridgehead atoms. The Bertz CT molecular complexity index is 2140. The summed E-state index contributed by atoms with van der Waals surface area (Å²) in [7, 11) is 0. The van der Waals surface area contributed by atoms with E-state index in [1.54, 1.807) is 0 Å². The first kappa shape index (κ1) is 24.8. The molecule has 0 heteroatoms. The molecule has 0 N–H and O–H groups in total. The lowest BCUT2D eigenvalue weighted by Gasteiger charge is -2.24. The highest BCUT2D eigenvalue weighted by molar-refractivity contribution is 6.22. The Morgan fingerprint density at radius 3 is 1.74 bits per heavy atom. The highest BCUT2D eigenvalue weighted by atomic mass is 14.4. The molecule has 8 rings (SSSR count). The van der Waals surface area contributed by atoms with Gasteiger partial charge in [0.1, 0.15) is 0 Å². The van der Waals surface area contributed by atoms with Crippen molar-refractivity contribution in [2.45, 2.75) is 26.2 Å². The van der Waals surface area contributed by atoms with E-state index < -0.39 is 0 Å². The maximum atomic E-state index is 2.51. The number of hydrogen-bond donors (Lipinski definition) is 0. The second-order valence-corrected chi connectivity index (χ2v) is 12.2. The molecule has 1 aliphatic carbocycles. The molecule has 0 atom stereocenters. The van der Waals surface area contributed by atoms with Crippen molar-refractivity contribution in [3.8, 4) is 44.5 Å². The average Bonchev–Trinajstić information content (AvgIpc) is 3.25. The second kappa shape index (κ2) is 9.29. The van der Waals surface area contributed by atoms with Crippen LogP contribution in [0.3, 0.4) is 0 Å². The predicted molar refractivity (Wildman–Crippen MR) is 180 cm³/mol. The highest BCUT2D eigenvalue weighted by Crippen LogP contribution is 2.53. The number of hydrogen-bond acceptors (Lipinski definition) is 0. The van der Waals surface area contributed by atoms with Crippen LogP contribution in [0.2, 0.25) is 0 Å². The lowest BCUT2D eigenvalue weighted by molar-refractivity contribution is 0.661.